The van der Waals surface area contributed by atoms with Crippen LogP contribution in [0.5, 0.6) is 5.75 Å². The van der Waals surface area contributed by atoms with Crippen LogP contribution in [0.1, 0.15) is 29.2 Å². The van der Waals surface area contributed by atoms with Crippen molar-refractivity contribution in [2.75, 3.05) is 7.11 Å². The normalized spacial score (nSPS) is 12.2. The van der Waals surface area contributed by atoms with Gasteiger partial charge in [0.2, 0.25) is 0 Å². The zero-order valence-corrected chi connectivity index (χ0v) is 12.7. The second-order valence-electron chi connectivity index (χ2n) is 5.00. The summed E-state index contributed by atoms with van der Waals surface area (Å²) in [6.45, 7) is 2.00. The predicted octanol–water partition coefficient (Wildman–Crippen LogP) is 4.29. The van der Waals surface area contributed by atoms with Crippen molar-refractivity contribution in [1.29, 1.82) is 0 Å². The van der Waals surface area contributed by atoms with Crippen LogP contribution in [0.3, 0.4) is 0 Å². The number of hydrogen-bond acceptors (Lipinski definition) is 2. The average Bonchev–Trinajstić information content (AvgIpc) is 2.48. The van der Waals surface area contributed by atoms with E-state index in [-0.39, 0.29) is 6.04 Å². The van der Waals surface area contributed by atoms with Crippen molar-refractivity contribution in [1.82, 2.24) is 0 Å². The molecule has 0 aromatic heterocycles. The summed E-state index contributed by atoms with van der Waals surface area (Å²) in [5.41, 5.74) is 9.67. The number of aryl methyl sites for hydroxylation is 2. The lowest BCUT2D eigenvalue weighted by atomic mass is 9.99. The highest BCUT2D eigenvalue weighted by Crippen LogP contribution is 2.23. The van der Waals surface area contributed by atoms with Crippen molar-refractivity contribution in [3.8, 4) is 5.75 Å². The minimum absolute atomic E-state index is 0.00945. The molecule has 2 nitrogen and oxygen atoms in total. The summed E-state index contributed by atoms with van der Waals surface area (Å²) < 4.78 is 5.15. The largest absolute Gasteiger partial charge is 0.497 e. The molecule has 106 valence electrons. The fourth-order valence-corrected chi connectivity index (χ4v) is 2.31. The molecule has 0 spiro atoms. The van der Waals surface area contributed by atoms with Crippen molar-refractivity contribution in [2.24, 2.45) is 5.73 Å². The van der Waals surface area contributed by atoms with Crippen LogP contribution >= 0.6 is 11.6 Å². The van der Waals surface area contributed by atoms with Gasteiger partial charge in [-0.25, -0.2) is 0 Å². The van der Waals surface area contributed by atoms with Gasteiger partial charge in [0.1, 0.15) is 5.75 Å². The van der Waals surface area contributed by atoms with E-state index in [9.17, 15) is 0 Å². The quantitative estimate of drug-likeness (QED) is 0.891. The number of rotatable bonds is 5. The molecule has 2 N–H and O–H groups in total. The van der Waals surface area contributed by atoms with Crippen LogP contribution in [0.15, 0.2) is 42.5 Å². The predicted molar refractivity (Wildman–Crippen MR) is 84.4 cm³/mol. The smallest absolute Gasteiger partial charge is 0.118 e. The topological polar surface area (TPSA) is 35.2 Å². The summed E-state index contributed by atoms with van der Waals surface area (Å²) in [5, 5.41) is 0.780. The van der Waals surface area contributed by atoms with Gasteiger partial charge in [-0.3, -0.25) is 0 Å². The molecule has 0 saturated carbocycles. The molecule has 0 heterocycles. The zero-order chi connectivity index (χ0) is 14.5. The van der Waals surface area contributed by atoms with Crippen molar-refractivity contribution in [3.05, 3.63) is 64.2 Å². The first-order valence-electron chi connectivity index (χ1n) is 6.74. The molecule has 2 rings (SSSR count). The van der Waals surface area contributed by atoms with Crippen LogP contribution in [0.2, 0.25) is 5.02 Å². The molecule has 0 aliphatic heterocycles. The number of ether oxygens (including phenoxy) is 1. The van der Waals surface area contributed by atoms with E-state index in [2.05, 4.69) is 18.2 Å². The monoisotopic (exact) mass is 289 g/mol. The molecular formula is C17H20ClNO. The van der Waals surface area contributed by atoms with Gasteiger partial charge in [-0.15, -0.1) is 0 Å². The molecule has 1 atom stereocenters. The molecule has 20 heavy (non-hydrogen) atoms. The summed E-state index contributed by atoms with van der Waals surface area (Å²) >= 11 is 6.14. The van der Waals surface area contributed by atoms with E-state index in [0.717, 1.165) is 34.7 Å². The van der Waals surface area contributed by atoms with Gasteiger partial charge in [0, 0.05) is 11.1 Å². The van der Waals surface area contributed by atoms with Crippen molar-refractivity contribution in [2.45, 2.75) is 25.8 Å². The van der Waals surface area contributed by atoms with Gasteiger partial charge < -0.3 is 10.5 Å². The molecule has 0 radical (unpaired) electrons. The molecular weight excluding hydrogens is 270 g/mol. The van der Waals surface area contributed by atoms with Gasteiger partial charge in [0.25, 0.3) is 0 Å². The van der Waals surface area contributed by atoms with E-state index < -0.39 is 0 Å². The fourth-order valence-electron chi connectivity index (χ4n) is 2.12. The molecule has 2 aromatic carbocycles. The van der Waals surface area contributed by atoms with E-state index in [1.807, 2.05) is 31.2 Å². The molecule has 1 unspecified atom stereocenters. The number of nitrogens with two attached hydrogens (primary N) is 1. The minimum Gasteiger partial charge on any atom is -0.497 e. The molecule has 0 amide bonds. The summed E-state index contributed by atoms with van der Waals surface area (Å²) in [7, 11) is 1.67. The lowest BCUT2D eigenvalue weighted by Crippen LogP contribution is -2.11. The summed E-state index contributed by atoms with van der Waals surface area (Å²) in [6.07, 6.45) is 1.84. The third kappa shape index (κ3) is 3.75. The Bertz CT molecular complexity index is 566. The first-order valence-corrected chi connectivity index (χ1v) is 7.12. The summed E-state index contributed by atoms with van der Waals surface area (Å²) in [4.78, 5) is 0. The maximum atomic E-state index is 6.23. The van der Waals surface area contributed by atoms with Crippen molar-refractivity contribution in [3.63, 3.8) is 0 Å². The van der Waals surface area contributed by atoms with E-state index in [1.54, 1.807) is 7.11 Å². The van der Waals surface area contributed by atoms with Crippen LogP contribution in [0.25, 0.3) is 0 Å². The number of methoxy groups -OCH3 is 1. The summed E-state index contributed by atoms with van der Waals surface area (Å²) in [6, 6.07) is 14.2. The Balaban J connectivity index is 1.96. The molecule has 3 heteroatoms. The van der Waals surface area contributed by atoms with Crippen molar-refractivity contribution >= 4 is 11.6 Å². The van der Waals surface area contributed by atoms with Gasteiger partial charge in [-0.2, -0.15) is 0 Å². The number of hydrogen-bond donors (Lipinski definition) is 1. The highest BCUT2D eigenvalue weighted by atomic mass is 35.5. The molecule has 2 aromatic rings. The average molecular weight is 290 g/mol. The van der Waals surface area contributed by atoms with Gasteiger partial charge >= 0.3 is 0 Å². The Hall–Kier alpha value is -1.51. The lowest BCUT2D eigenvalue weighted by molar-refractivity contribution is 0.414. The summed E-state index contributed by atoms with van der Waals surface area (Å²) in [5.74, 6) is 0.878. The Labute approximate surface area is 125 Å². The van der Waals surface area contributed by atoms with Crippen LogP contribution < -0.4 is 10.5 Å². The first-order chi connectivity index (χ1) is 9.60. The van der Waals surface area contributed by atoms with Crippen LogP contribution in [-0.4, -0.2) is 7.11 Å². The third-order valence-electron chi connectivity index (χ3n) is 3.53. The van der Waals surface area contributed by atoms with E-state index in [0.29, 0.717) is 0 Å². The number of benzene rings is 2. The number of halogens is 1. The second kappa shape index (κ2) is 6.78. The second-order valence-corrected chi connectivity index (χ2v) is 5.41. The molecule has 0 aliphatic carbocycles. The molecule has 0 aliphatic rings. The highest BCUT2D eigenvalue weighted by molar-refractivity contribution is 6.31. The molecule has 0 saturated heterocycles. The van der Waals surface area contributed by atoms with E-state index >= 15 is 0 Å². The SMILES string of the molecule is COc1ccc(CCC(N)c2ccc(C)c(Cl)c2)cc1. The molecule has 0 bridgehead atoms. The van der Waals surface area contributed by atoms with Gasteiger partial charge in [-0.05, 0) is 54.7 Å². The minimum atomic E-state index is 0.00945. The zero-order valence-electron chi connectivity index (χ0n) is 11.9. The first kappa shape index (κ1) is 14.9. The molecule has 0 fully saturated rings. The van der Waals surface area contributed by atoms with Gasteiger partial charge in [0.05, 0.1) is 7.11 Å². The fraction of sp³-hybridized carbons (Fsp3) is 0.294. The third-order valence-corrected chi connectivity index (χ3v) is 3.93. The van der Waals surface area contributed by atoms with Crippen molar-refractivity contribution < 1.29 is 4.74 Å². The van der Waals surface area contributed by atoms with Crippen LogP contribution in [0, 0.1) is 6.92 Å². The van der Waals surface area contributed by atoms with Gasteiger partial charge in [-0.1, -0.05) is 35.9 Å². The van der Waals surface area contributed by atoms with E-state index in [4.69, 9.17) is 22.1 Å². The maximum absolute atomic E-state index is 6.23. The Kier molecular flexibility index (Phi) is 5.05. The maximum Gasteiger partial charge on any atom is 0.118 e. The Morgan fingerprint density at radius 2 is 1.85 bits per heavy atom. The Morgan fingerprint density at radius 3 is 2.45 bits per heavy atom. The van der Waals surface area contributed by atoms with E-state index in [1.165, 1.54) is 5.56 Å². The van der Waals surface area contributed by atoms with Crippen LogP contribution in [-0.2, 0) is 6.42 Å². The Morgan fingerprint density at radius 1 is 1.15 bits per heavy atom. The van der Waals surface area contributed by atoms with Gasteiger partial charge in [0.15, 0.2) is 0 Å². The highest BCUT2D eigenvalue weighted by Gasteiger charge is 2.08. The lowest BCUT2D eigenvalue weighted by Gasteiger charge is -2.13. The van der Waals surface area contributed by atoms with Crippen LogP contribution in [0.4, 0.5) is 0 Å². The standard InChI is InChI=1S/C17H20ClNO/c1-12-3-7-14(11-16(12)18)17(19)10-6-13-4-8-15(20-2)9-5-13/h3-5,7-9,11,17H,6,10,19H2,1-2H3.